The van der Waals surface area contributed by atoms with Crippen LogP contribution in [0.4, 0.5) is 17.2 Å². The topological polar surface area (TPSA) is 54.0 Å². The van der Waals surface area contributed by atoms with Gasteiger partial charge in [0.15, 0.2) is 0 Å². The van der Waals surface area contributed by atoms with Gasteiger partial charge in [-0.1, -0.05) is 39.0 Å². The van der Waals surface area contributed by atoms with Gasteiger partial charge in [-0.15, -0.1) is 0 Å². The molecule has 1 amide bonds. The van der Waals surface area contributed by atoms with Gasteiger partial charge >= 0.3 is 0 Å². The number of aryl methyl sites for hydroxylation is 1. The molecule has 1 heterocycles. The van der Waals surface area contributed by atoms with Crippen LogP contribution in [-0.2, 0) is 4.79 Å². The van der Waals surface area contributed by atoms with Crippen molar-refractivity contribution in [1.29, 1.82) is 0 Å². The molecule has 0 aliphatic heterocycles. The molecular formula is C17H21N3O. The van der Waals surface area contributed by atoms with Crippen LogP contribution in [-0.4, -0.2) is 10.9 Å². The molecule has 0 unspecified atom stereocenters. The quantitative estimate of drug-likeness (QED) is 0.891. The van der Waals surface area contributed by atoms with Gasteiger partial charge in [0.05, 0.1) is 11.9 Å². The summed E-state index contributed by atoms with van der Waals surface area (Å²) in [7, 11) is 0. The van der Waals surface area contributed by atoms with E-state index in [0.29, 0.717) is 5.82 Å². The number of aromatic nitrogens is 1. The maximum atomic E-state index is 11.9. The predicted octanol–water partition coefficient (Wildman–Crippen LogP) is 4.12. The fourth-order valence-electron chi connectivity index (χ4n) is 1.71. The number of pyridine rings is 1. The van der Waals surface area contributed by atoms with Crippen LogP contribution in [0, 0.1) is 12.3 Å². The molecule has 0 spiro atoms. The Balaban J connectivity index is 2.06. The van der Waals surface area contributed by atoms with E-state index in [9.17, 15) is 4.79 Å². The third kappa shape index (κ3) is 4.05. The van der Waals surface area contributed by atoms with E-state index >= 15 is 0 Å². The molecule has 0 radical (unpaired) electrons. The van der Waals surface area contributed by atoms with E-state index in [1.807, 2.05) is 58.0 Å². The highest BCUT2D eigenvalue weighted by molar-refractivity contribution is 5.93. The van der Waals surface area contributed by atoms with Crippen LogP contribution < -0.4 is 10.6 Å². The SMILES string of the molecule is Cc1ccccc1Nc1ccc(NC(=O)C(C)(C)C)nc1. The molecule has 0 saturated heterocycles. The van der Waals surface area contributed by atoms with Crippen LogP contribution >= 0.6 is 0 Å². The summed E-state index contributed by atoms with van der Waals surface area (Å²) in [5.41, 5.74) is 2.67. The average Bonchev–Trinajstić information content (AvgIpc) is 2.42. The van der Waals surface area contributed by atoms with Crippen LogP contribution in [0.2, 0.25) is 0 Å². The first kappa shape index (κ1) is 15.0. The lowest BCUT2D eigenvalue weighted by Gasteiger charge is -2.17. The highest BCUT2D eigenvalue weighted by atomic mass is 16.2. The minimum Gasteiger partial charge on any atom is -0.354 e. The number of hydrogen-bond acceptors (Lipinski definition) is 3. The minimum atomic E-state index is -0.431. The smallest absolute Gasteiger partial charge is 0.230 e. The molecule has 2 aromatic rings. The van der Waals surface area contributed by atoms with Crippen molar-refractivity contribution in [2.45, 2.75) is 27.7 Å². The fourth-order valence-corrected chi connectivity index (χ4v) is 1.71. The van der Waals surface area contributed by atoms with Gasteiger partial charge in [0.2, 0.25) is 5.91 Å². The van der Waals surface area contributed by atoms with Gasteiger partial charge in [0.25, 0.3) is 0 Å². The molecule has 1 aromatic heterocycles. The summed E-state index contributed by atoms with van der Waals surface area (Å²) in [5.74, 6) is 0.514. The number of nitrogens with one attached hydrogen (secondary N) is 2. The fraction of sp³-hybridized carbons (Fsp3) is 0.294. The van der Waals surface area contributed by atoms with Crippen LogP contribution in [0.15, 0.2) is 42.6 Å². The summed E-state index contributed by atoms with van der Waals surface area (Å²) in [6, 6.07) is 11.8. The van der Waals surface area contributed by atoms with Crippen molar-refractivity contribution < 1.29 is 4.79 Å². The van der Waals surface area contributed by atoms with Crippen LogP contribution in [0.25, 0.3) is 0 Å². The monoisotopic (exact) mass is 283 g/mol. The largest absolute Gasteiger partial charge is 0.354 e. The molecule has 1 aromatic carbocycles. The summed E-state index contributed by atoms with van der Waals surface area (Å²) in [4.78, 5) is 16.2. The summed E-state index contributed by atoms with van der Waals surface area (Å²) in [5, 5.41) is 6.11. The van der Waals surface area contributed by atoms with Crippen molar-refractivity contribution >= 4 is 23.1 Å². The molecule has 21 heavy (non-hydrogen) atoms. The predicted molar refractivity (Wildman–Crippen MR) is 86.8 cm³/mol. The second-order valence-corrected chi connectivity index (χ2v) is 6.08. The lowest BCUT2D eigenvalue weighted by Crippen LogP contribution is -2.27. The molecule has 4 heteroatoms. The van der Waals surface area contributed by atoms with E-state index in [1.165, 1.54) is 5.56 Å². The highest BCUT2D eigenvalue weighted by Gasteiger charge is 2.21. The molecule has 0 fully saturated rings. The molecule has 0 saturated carbocycles. The molecule has 0 bridgehead atoms. The number of para-hydroxylation sites is 1. The minimum absolute atomic E-state index is 0.0467. The number of anilines is 3. The van der Waals surface area contributed by atoms with Crippen molar-refractivity contribution in [3.8, 4) is 0 Å². The maximum absolute atomic E-state index is 11.9. The van der Waals surface area contributed by atoms with Gasteiger partial charge < -0.3 is 10.6 Å². The van der Waals surface area contributed by atoms with Crippen molar-refractivity contribution in [3.63, 3.8) is 0 Å². The first-order chi connectivity index (χ1) is 9.86. The zero-order chi connectivity index (χ0) is 15.5. The first-order valence-corrected chi connectivity index (χ1v) is 6.96. The Bertz CT molecular complexity index is 627. The summed E-state index contributed by atoms with van der Waals surface area (Å²) < 4.78 is 0. The van der Waals surface area contributed by atoms with Gasteiger partial charge in [-0.05, 0) is 30.7 Å². The number of carbonyl (C=O) groups is 1. The van der Waals surface area contributed by atoms with Gasteiger partial charge in [-0.25, -0.2) is 4.98 Å². The number of amides is 1. The second kappa shape index (κ2) is 5.95. The van der Waals surface area contributed by atoms with Gasteiger partial charge in [0, 0.05) is 11.1 Å². The Morgan fingerprint density at radius 3 is 2.38 bits per heavy atom. The van der Waals surface area contributed by atoms with E-state index < -0.39 is 5.41 Å². The average molecular weight is 283 g/mol. The number of rotatable bonds is 3. The van der Waals surface area contributed by atoms with E-state index in [1.54, 1.807) is 12.3 Å². The van der Waals surface area contributed by atoms with Crippen molar-refractivity contribution in [2.75, 3.05) is 10.6 Å². The van der Waals surface area contributed by atoms with Gasteiger partial charge in [0.1, 0.15) is 5.82 Å². The van der Waals surface area contributed by atoms with Crippen molar-refractivity contribution in [3.05, 3.63) is 48.2 Å². The van der Waals surface area contributed by atoms with E-state index in [4.69, 9.17) is 0 Å². The Morgan fingerprint density at radius 2 is 1.81 bits per heavy atom. The molecule has 0 aliphatic carbocycles. The molecule has 2 N–H and O–H groups in total. The summed E-state index contributed by atoms with van der Waals surface area (Å²) >= 11 is 0. The summed E-state index contributed by atoms with van der Waals surface area (Å²) in [6.45, 7) is 7.66. The van der Waals surface area contributed by atoms with Crippen LogP contribution in [0.3, 0.4) is 0 Å². The second-order valence-electron chi connectivity index (χ2n) is 6.08. The number of benzene rings is 1. The zero-order valence-corrected chi connectivity index (χ0v) is 12.9. The van der Waals surface area contributed by atoms with E-state index in [2.05, 4.69) is 15.6 Å². The lowest BCUT2D eigenvalue weighted by molar-refractivity contribution is -0.123. The Kier molecular flexibility index (Phi) is 4.26. The molecular weight excluding hydrogens is 262 g/mol. The first-order valence-electron chi connectivity index (χ1n) is 6.96. The normalized spacial score (nSPS) is 11.0. The van der Waals surface area contributed by atoms with E-state index in [0.717, 1.165) is 11.4 Å². The molecule has 2 rings (SSSR count). The number of carbonyl (C=O) groups excluding carboxylic acids is 1. The number of nitrogens with zero attached hydrogens (tertiary/aromatic N) is 1. The Labute approximate surface area is 125 Å². The Hall–Kier alpha value is -2.36. The van der Waals surface area contributed by atoms with Gasteiger partial charge in [-0.2, -0.15) is 0 Å². The molecule has 4 nitrogen and oxygen atoms in total. The highest BCUT2D eigenvalue weighted by Crippen LogP contribution is 2.21. The molecule has 0 atom stereocenters. The molecule has 110 valence electrons. The standard InChI is InChI=1S/C17H21N3O/c1-12-7-5-6-8-14(12)19-13-9-10-15(18-11-13)20-16(21)17(2,3)4/h5-11,19H,1-4H3,(H,18,20,21). The van der Waals surface area contributed by atoms with Crippen LogP contribution in [0.1, 0.15) is 26.3 Å². The van der Waals surface area contributed by atoms with Gasteiger partial charge in [-0.3, -0.25) is 4.79 Å². The third-order valence-corrected chi connectivity index (χ3v) is 3.11. The molecule has 0 aliphatic rings. The van der Waals surface area contributed by atoms with Crippen molar-refractivity contribution in [1.82, 2.24) is 4.98 Å². The van der Waals surface area contributed by atoms with Crippen molar-refractivity contribution in [2.24, 2.45) is 5.41 Å². The zero-order valence-electron chi connectivity index (χ0n) is 12.9. The maximum Gasteiger partial charge on any atom is 0.230 e. The summed E-state index contributed by atoms with van der Waals surface area (Å²) in [6.07, 6.45) is 1.71. The lowest BCUT2D eigenvalue weighted by atomic mass is 9.96. The third-order valence-electron chi connectivity index (χ3n) is 3.11. The number of hydrogen-bond donors (Lipinski definition) is 2. The van der Waals surface area contributed by atoms with E-state index in [-0.39, 0.29) is 5.91 Å². The van der Waals surface area contributed by atoms with Crippen LogP contribution in [0.5, 0.6) is 0 Å². The Morgan fingerprint density at radius 1 is 1.10 bits per heavy atom.